The second kappa shape index (κ2) is 9.80. The lowest BCUT2D eigenvalue weighted by Crippen LogP contribution is -2.53. The zero-order valence-corrected chi connectivity index (χ0v) is 20.7. The van der Waals surface area contributed by atoms with Gasteiger partial charge in [-0.15, -0.1) is 0 Å². The molecule has 3 aromatic rings. The van der Waals surface area contributed by atoms with E-state index in [-0.39, 0.29) is 6.61 Å². The summed E-state index contributed by atoms with van der Waals surface area (Å²) >= 11 is 0. The third-order valence-corrected chi connectivity index (χ3v) is 7.07. The fraction of sp³-hybridized carbons (Fsp3) is 0.276. The first-order chi connectivity index (χ1) is 17.9. The number of rotatable bonds is 6. The highest BCUT2D eigenvalue weighted by molar-refractivity contribution is 5.98. The number of aliphatic hydroxyl groups is 1. The Morgan fingerprint density at radius 3 is 1.95 bits per heavy atom. The summed E-state index contributed by atoms with van der Waals surface area (Å²) in [5.74, 6) is -2.58. The van der Waals surface area contributed by atoms with Gasteiger partial charge in [0.1, 0.15) is 12.0 Å². The summed E-state index contributed by atoms with van der Waals surface area (Å²) < 4.78 is 5.37. The normalized spacial score (nSPS) is 27.1. The Labute approximate surface area is 215 Å². The molecule has 2 unspecified atom stereocenters. The smallest absolute Gasteiger partial charge is 0.315 e. The van der Waals surface area contributed by atoms with Gasteiger partial charge in [-0.2, -0.15) is 5.01 Å². The van der Waals surface area contributed by atoms with Gasteiger partial charge in [0.2, 0.25) is 0 Å². The molecular formula is C29H29N3O5. The number of ether oxygens (including phenoxy) is 1. The predicted molar refractivity (Wildman–Crippen MR) is 135 cm³/mol. The van der Waals surface area contributed by atoms with E-state index in [1.165, 1.54) is 11.9 Å². The second-order valence-electron chi connectivity index (χ2n) is 9.38. The topological polar surface area (TPSA) is 99.2 Å². The molecule has 2 amide bonds. The molecule has 190 valence electrons. The van der Waals surface area contributed by atoms with Gasteiger partial charge in [-0.05, 0) is 37.1 Å². The van der Waals surface area contributed by atoms with Crippen LogP contribution in [-0.2, 0) is 14.3 Å². The zero-order valence-electron chi connectivity index (χ0n) is 20.7. The molecule has 3 aromatic carbocycles. The Bertz CT molecular complexity index is 1280. The number of fused-ring (bicyclic) bond motifs is 1. The molecule has 0 saturated carbocycles. The van der Waals surface area contributed by atoms with Gasteiger partial charge in [0.15, 0.2) is 5.72 Å². The minimum atomic E-state index is -1.90. The van der Waals surface area contributed by atoms with Crippen LogP contribution < -0.4 is 5.32 Å². The Morgan fingerprint density at radius 2 is 1.41 bits per heavy atom. The number of hydrogen-bond donors (Lipinski definition) is 2. The van der Waals surface area contributed by atoms with Crippen LogP contribution >= 0.6 is 0 Å². The Hall–Kier alpha value is -4.01. The molecular weight excluding hydrogens is 470 g/mol. The highest BCUT2D eigenvalue weighted by Gasteiger charge is 2.68. The number of carbonyl (C=O) groups is 3. The van der Waals surface area contributed by atoms with Gasteiger partial charge in [0, 0.05) is 5.56 Å². The minimum absolute atomic E-state index is 0.138. The first-order valence-corrected chi connectivity index (χ1v) is 12.3. The monoisotopic (exact) mass is 499 g/mol. The van der Waals surface area contributed by atoms with Gasteiger partial charge in [0.05, 0.1) is 18.7 Å². The zero-order chi connectivity index (χ0) is 26.2. The van der Waals surface area contributed by atoms with Crippen LogP contribution in [0.25, 0.3) is 0 Å². The van der Waals surface area contributed by atoms with Crippen molar-refractivity contribution in [3.8, 4) is 0 Å². The van der Waals surface area contributed by atoms with E-state index in [0.717, 1.165) is 11.1 Å². The van der Waals surface area contributed by atoms with E-state index in [1.54, 1.807) is 36.2 Å². The number of hydrazine groups is 1. The highest BCUT2D eigenvalue weighted by Crippen LogP contribution is 2.55. The van der Waals surface area contributed by atoms with E-state index in [0.29, 0.717) is 5.56 Å². The minimum Gasteiger partial charge on any atom is -0.466 e. The van der Waals surface area contributed by atoms with Crippen molar-refractivity contribution in [2.45, 2.75) is 37.7 Å². The number of nitrogens with one attached hydrogen (secondary N) is 1. The molecule has 5 atom stereocenters. The lowest BCUT2D eigenvalue weighted by atomic mass is 9.84. The van der Waals surface area contributed by atoms with Crippen molar-refractivity contribution in [2.75, 3.05) is 6.61 Å². The molecule has 0 spiro atoms. The summed E-state index contributed by atoms with van der Waals surface area (Å²) in [5.41, 5.74) is 0.0216. The van der Waals surface area contributed by atoms with Crippen LogP contribution in [0.1, 0.15) is 47.4 Å². The third kappa shape index (κ3) is 4.18. The molecule has 2 saturated heterocycles. The molecule has 37 heavy (non-hydrogen) atoms. The van der Waals surface area contributed by atoms with E-state index >= 15 is 0 Å². The molecule has 8 heteroatoms. The van der Waals surface area contributed by atoms with E-state index in [4.69, 9.17) is 4.74 Å². The summed E-state index contributed by atoms with van der Waals surface area (Å²) in [5, 5.41) is 17.7. The van der Waals surface area contributed by atoms with Crippen molar-refractivity contribution in [3.05, 3.63) is 108 Å². The molecule has 2 heterocycles. The summed E-state index contributed by atoms with van der Waals surface area (Å²) in [6.45, 7) is 3.29. The highest BCUT2D eigenvalue weighted by atomic mass is 16.5. The summed E-state index contributed by atoms with van der Waals surface area (Å²) in [7, 11) is 0. The van der Waals surface area contributed by atoms with Gasteiger partial charge in [0.25, 0.3) is 11.8 Å². The van der Waals surface area contributed by atoms with Crippen LogP contribution in [0.3, 0.4) is 0 Å². The van der Waals surface area contributed by atoms with Gasteiger partial charge < -0.3 is 15.2 Å². The maximum Gasteiger partial charge on any atom is 0.315 e. The Morgan fingerprint density at radius 1 is 0.892 bits per heavy atom. The van der Waals surface area contributed by atoms with E-state index in [9.17, 15) is 19.5 Å². The maximum absolute atomic E-state index is 14.0. The standard InChI is InChI=1S/C29H29N3O5/c1-3-37-28(35)22-24(19-13-7-4-8-14-19)31-25(20-15-9-5-10-16-20)23(27(34)32(31)29(22,2)36)30-26(33)21-17-11-6-12-18-21/h4-18,22-25,36H,3H2,1-2H3,(H,30,33)/t22?,23-,24+,25-,29?/m1/s1. The first-order valence-electron chi connectivity index (χ1n) is 12.3. The Kier molecular flexibility index (Phi) is 6.54. The van der Waals surface area contributed by atoms with Crippen molar-refractivity contribution < 1.29 is 24.2 Å². The van der Waals surface area contributed by atoms with Crippen LogP contribution in [0.4, 0.5) is 0 Å². The number of amides is 2. The van der Waals surface area contributed by atoms with Crippen molar-refractivity contribution in [2.24, 2.45) is 5.92 Å². The van der Waals surface area contributed by atoms with Crippen molar-refractivity contribution >= 4 is 17.8 Å². The molecule has 2 N–H and O–H groups in total. The van der Waals surface area contributed by atoms with E-state index in [2.05, 4.69) is 5.32 Å². The molecule has 8 nitrogen and oxygen atoms in total. The van der Waals surface area contributed by atoms with Crippen LogP contribution in [0.5, 0.6) is 0 Å². The third-order valence-electron chi connectivity index (χ3n) is 7.07. The first kappa shape index (κ1) is 24.7. The van der Waals surface area contributed by atoms with Crippen molar-refractivity contribution in [3.63, 3.8) is 0 Å². The molecule has 0 radical (unpaired) electrons. The van der Waals surface area contributed by atoms with Crippen LogP contribution in [-0.4, -0.2) is 51.3 Å². The van der Waals surface area contributed by atoms with Crippen molar-refractivity contribution in [1.29, 1.82) is 0 Å². The van der Waals surface area contributed by atoms with Gasteiger partial charge in [-0.25, -0.2) is 5.01 Å². The predicted octanol–water partition coefficient (Wildman–Crippen LogP) is 3.23. The summed E-state index contributed by atoms with van der Waals surface area (Å²) in [6, 6.07) is 24.8. The average Bonchev–Trinajstić information content (AvgIpc) is 3.34. The molecule has 2 fully saturated rings. The molecule has 0 aliphatic carbocycles. The van der Waals surface area contributed by atoms with Gasteiger partial charge in [-0.1, -0.05) is 78.9 Å². The second-order valence-corrected chi connectivity index (χ2v) is 9.38. The number of carbonyl (C=O) groups excluding carboxylic acids is 3. The molecule has 0 bridgehead atoms. The lowest BCUT2D eigenvalue weighted by molar-refractivity contribution is -0.182. The quantitative estimate of drug-likeness (QED) is 0.506. The largest absolute Gasteiger partial charge is 0.466 e. The SMILES string of the molecule is CCOC(=O)C1[C@H](c2ccccc2)N2[C@H](c3ccccc3)[C@@H](NC(=O)c3ccccc3)C(=O)N2C1(C)O. The fourth-order valence-electron chi connectivity index (χ4n) is 5.53. The van der Waals surface area contributed by atoms with Gasteiger partial charge >= 0.3 is 5.97 Å². The fourth-order valence-corrected chi connectivity index (χ4v) is 5.53. The number of benzene rings is 3. The summed E-state index contributed by atoms with van der Waals surface area (Å²) in [6.07, 6.45) is 0. The maximum atomic E-state index is 14.0. The number of nitrogens with zero attached hydrogens (tertiary/aromatic N) is 2. The van der Waals surface area contributed by atoms with E-state index < -0.39 is 47.6 Å². The molecule has 2 aliphatic heterocycles. The number of hydrogen-bond acceptors (Lipinski definition) is 6. The van der Waals surface area contributed by atoms with Crippen LogP contribution in [0, 0.1) is 5.92 Å². The van der Waals surface area contributed by atoms with Gasteiger partial charge in [-0.3, -0.25) is 14.4 Å². The molecule has 2 aliphatic rings. The van der Waals surface area contributed by atoms with Crippen LogP contribution in [0.15, 0.2) is 91.0 Å². The van der Waals surface area contributed by atoms with E-state index in [1.807, 2.05) is 66.7 Å². The molecule has 0 aromatic heterocycles. The summed E-state index contributed by atoms with van der Waals surface area (Å²) in [4.78, 5) is 40.4. The Balaban J connectivity index is 1.65. The number of esters is 1. The van der Waals surface area contributed by atoms with Crippen LogP contribution in [0.2, 0.25) is 0 Å². The molecule has 5 rings (SSSR count). The lowest BCUT2D eigenvalue weighted by Gasteiger charge is -2.33. The van der Waals surface area contributed by atoms with Crippen molar-refractivity contribution in [1.82, 2.24) is 15.3 Å². The average molecular weight is 500 g/mol.